The second-order valence-corrected chi connectivity index (χ2v) is 11.1. The number of hydrogen-bond acceptors (Lipinski definition) is 6. The Labute approximate surface area is 189 Å². The molecule has 1 N–H and O–H groups in total. The molecule has 1 heterocycles. The van der Waals surface area contributed by atoms with E-state index in [1.54, 1.807) is 18.5 Å². The van der Waals surface area contributed by atoms with Crippen LogP contribution in [0.15, 0.2) is 42.2 Å². The summed E-state index contributed by atoms with van der Waals surface area (Å²) < 4.78 is 35.8. The second kappa shape index (κ2) is 8.47. The van der Waals surface area contributed by atoms with Gasteiger partial charge in [0.15, 0.2) is 5.78 Å². The van der Waals surface area contributed by atoms with Crippen LogP contribution >= 0.6 is 0 Å². The molecule has 3 saturated carbocycles. The number of allylic oxidation sites excluding steroid dienone is 1. The van der Waals surface area contributed by atoms with Gasteiger partial charge in [-0.1, -0.05) is 25.5 Å². The van der Waals surface area contributed by atoms with Gasteiger partial charge in [0.1, 0.15) is 5.78 Å². The van der Waals surface area contributed by atoms with E-state index in [1.807, 2.05) is 25.1 Å². The lowest BCUT2D eigenvalue weighted by molar-refractivity contribution is -0.139. The minimum absolute atomic E-state index is 0.0839. The van der Waals surface area contributed by atoms with Gasteiger partial charge in [-0.2, -0.15) is 8.42 Å². The van der Waals surface area contributed by atoms with Crippen molar-refractivity contribution in [2.75, 3.05) is 0 Å². The van der Waals surface area contributed by atoms with E-state index in [9.17, 15) is 18.0 Å². The van der Waals surface area contributed by atoms with E-state index >= 15 is 0 Å². The number of pyridine rings is 1. The van der Waals surface area contributed by atoms with E-state index < -0.39 is 16.5 Å². The van der Waals surface area contributed by atoms with Crippen molar-refractivity contribution >= 4 is 22.0 Å². The van der Waals surface area contributed by atoms with Crippen LogP contribution in [-0.2, 0) is 24.2 Å². The molecular formula is C24H31NO6S. The fourth-order valence-electron chi connectivity index (χ4n) is 6.71. The van der Waals surface area contributed by atoms with Crippen LogP contribution in [0.2, 0.25) is 0 Å². The average Bonchev–Trinajstić information content (AvgIpc) is 3.05. The summed E-state index contributed by atoms with van der Waals surface area (Å²) in [6.07, 6.45) is 9.25. The van der Waals surface area contributed by atoms with Crippen molar-refractivity contribution in [3.05, 3.63) is 42.2 Å². The average molecular weight is 462 g/mol. The molecule has 0 spiro atoms. The minimum Gasteiger partial charge on any atom is -0.299 e. The summed E-state index contributed by atoms with van der Waals surface area (Å²) in [6, 6.07) is 5.72. The summed E-state index contributed by atoms with van der Waals surface area (Å²) in [4.78, 5) is 29.2. The number of nitrogens with zero attached hydrogens (tertiary/aromatic N) is 1. The molecule has 5 rings (SSSR count). The first-order valence-corrected chi connectivity index (χ1v) is 12.7. The monoisotopic (exact) mass is 461 g/mol. The molecule has 1 aromatic heterocycles. The molecule has 32 heavy (non-hydrogen) atoms. The van der Waals surface area contributed by atoms with Gasteiger partial charge in [0.05, 0.1) is 6.10 Å². The van der Waals surface area contributed by atoms with E-state index in [0.717, 1.165) is 31.3 Å². The molecule has 174 valence electrons. The van der Waals surface area contributed by atoms with Crippen molar-refractivity contribution in [1.82, 2.24) is 4.98 Å². The van der Waals surface area contributed by atoms with Gasteiger partial charge in [0.2, 0.25) is 0 Å². The lowest BCUT2D eigenvalue weighted by atomic mass is 9.48. The molecule has 0 aromatic carbocycles. The zero-order valence-corrected chi connectivity index (χ0v) is 19.4. The topological polar surface area (TPSA) is 111 Å². The quantitative estimate of drug-likeness (QED) is 0.664. The molecule has 7 nitrogen and oxygen atoms in total. The molecule has 1 aromatic rings. The third kappa shape index (κ3) is 4.20. The highest BCUT2D eigenvalue weighted by Crippen LogP contribution is 2.63. The van der Waals surface area contributed by atoms with Crippen LogP contribution in [0.3, 0.4) is 0 Å². The maximum Gasteiger partial charge on any atom is 0.397 e. The standard InChI is InChI=1S/C19H26O6S.C5H5N/c1-18-7-5-12(25-26(22,23)24)9-11(18)10-15(20)17-13-3-4-16(21)19(13,2)8-6-14(17)18;1-2-4-6-5-3-1/h10,12-14,17H,3-9H2,1-2H3,(H,22,23,24);1-5H/t12-,13?,14?,17?,18-,19-;/m0./s1. The summed E-state index contributed by atoms with van der Waals surface area (Å²) in [5.41, 5.74) is 0.422. The first kappa shape index (κ1) is 23.3. The van der Waals surface area contributed by atoms with Gasteiger partial charge in [-0.3, -0.25) is 19.1 Å². The van der Waals surface area contributed by atoms with Gasteiger partial charge in [0.25, 0.3) is 0 Å². The molecule has 4 aliphatic rings. The van der Waals surface area contributed by atoms with Gasteiger partial charge in [-0.25, -0.2) is 4.18 Å². The first-order valence-electron chi connectivity index (χ1n) is 11.3. The van der Waals surface area contributed by atoms with Crippen LogP contribution in [0.25, 0.3) is 0 Å². The fraction of sp³-hybridized carbons (Fsp3) is 0.625. The van der Waals surface area contributed by atoms with Crippen molar-refractivity contribution in [1.29, 1.82) is 0 Å². The number of ketones is 2. The highest BCUT2D eigenvalue weighted by atomic mass is 32.3. The number of fused-ring (bicyclic) bond motifs is 5. The van der Waals surface area contributed by atoms with Crippen molar-refractivity contribution in [2.45, 2.75) is 64.9 Å². The number of carbonyl (C=O) groups excluding carboxylic acids is 2. The van der Waals surface area contributed by atoms with Crippen LogP contribution in [0, 0.1) is 28.6 Å². The Balaban J connectivity index is 0.000000354. The summed E-state index contributed by atoms with van der Waals surface area (Å²) >= 11 is 0. The maximum atomic E-state index is 13.0. The molecule has 0 aliphatic heterocycles. The Bertz CT molecular complexity index is 995. The van der Waals surface area contributed by atoms with Gasteiger partial charge < -0.3 is 0 Å². The number of hydrogen-bond donors (Lipinski definition) is 1. The highest BCUT2D eigenvalue weighted by Gasteiger charge is 2.61. The Morgan fingerprint density at radius 2 is 1.66 bits per heavy atom. The molecule has 3 unspecified atom stereocenters. The van der Waals surface area contributed by atoms with E-state index in [4.69, 9.17) is 8.74 Å². The summed E-state index contributed by atoms with van der Waals surface area (Å²) in [5.74, 6) is 0.612. The number of aromatic nitrogens is 1. The summed E-state index contributed by atoms with van der Waals surface area (Å²) in [7, 11) is -4.49. The first-order chi connectivity index (χ1) is 15.0. The predicted molar refractivity (Wildman–Crippen MR) is 118 cm³/mol. The van der Waals surface area contributed by atoms with Crippen molar-refractivity contribution in [2.24, 2.45) is 28.6 Å². The second-order valence-electron chi connectivity index (χ2n) is 10.1. The number of carbonyl (C=O) groups is 2. The Morgan fingerprint density at radius 3 is 2.25 bits per heavy atom. The molecule has 0 bridgehead atoms. The third-order valence-corrected chi connectivity index (χ3v) is 8.95. The van der Waals surface area contributed by atoms with Gasteiger partial charge in [-0.05, 0) is 74.0 Å². The van der Waals surface area contributed by atoms with E-state index in [-0.39, 0.29) is 34.4 Å². The zero-order valence-electron chi connectivity index (χ0n) is 18.6. The Kier molecular flexibility index (Phi) is 6.15. The van der Waals surface area contributed by atoms with E-state index in [1.165, 1.54) is 0 Å². The lowest BCUT2D eigenvalue weighted by Gasteiger charge is -2.55. The molecule has 4 aliphatic carbocycles. The minimum atomic E-state index is -4.49. The third-order valence-electron chi connectivity index (χ3n) is 8.43. The van der Waals surface area contributed by atoms with Crippen molar-refractivity contribution < 1.29 is 26.7 Å². The molecule has 0 saturated heterocycles. The van der Waals surface area contributed by atoms with E-state index in [0.29, 0.717) is 25.0 Å². The summed E-state index contributed by atoms with van der Waals surface area (Å²) in [6.45, 7) is 4.21. The molecule has 0 amide bonds. The molecule has 3 fully saturated rings. The molecule has 6 atom stereocenters. The number of rotatable bonds is 2. The lowest BCUT2D eigenvalue weighted by Crippen LogP contribution is -2.53. The molecule has 8 heteroatoms. The smallest absolute Gasteiger partial charge is 0.299 e. The van der Waals surface area contributed by atoms with Crippen LogP contribution in [0.5, 0.6) is 0 Å². The van der Waals surface area contributed by atoms with Crippen molar-refractivity contribution in [3.8, 4) is 0 Å². The zero-order chi connectivity index (χ0) is 23.1. The molecular weight excluding hydrogens is 430 g/mol. The van der Waals surface area contributed by atoms with Crippen molar-refractivity contribution in [3.63, 3.8) is 0 Å². The molecule has 0 radical (unpaired) electrons. The largest absolute Gasteiger partial charge is 0.397 e. The fourth-order valence-corrected chi connectivity index (χ4v) is 7.22. The maximum absolute atomic E-state index is 13.0. The van der Waals surface area contributed by atoms with Crippen LogP contribution in [-0.4, -0.2) is 35.6 Å². The number of Topliss-reactive ketones (excluding diaryl/α,β-unsaturated/α-hetero) is 1. The van der Waals surface area contributed by atoms with Crippen LogP contribution < -0.4 is 0 Å². The predicted octanol–water partition coefficient (Wildman–Crippen LogP) is 3.97. The SMILES string of the molecule is C[C@]12CC[C@H](OS(=O)(=O)O)CC1=CC(=O)C1C2CC[C@]2(C)C(=O)CCC12.c1ccncc1. The van der Waals surface area contributed by atoms with Crippen LogP contribution in [0.1, 0.15) is 58.8 Å². The highest BCUT2D eigenvalue weighted by molar-refractivity contribution is 7.80. The van der Waals surface area contributed by atoms with Gasteiger partial charge >= 0.3 is 10.4 Å². The van der Waals surface area contributed by atoms with Gasteiger partial charge in [0, 0.05) is 30.1 Å². The van der Waals surface area contributed by atoms with Gasteiger partial charge in [-0.15, -0.1) is 0 Å². The van der Waals surface area contributed by atoms with E-state index in [2.05, 4.69) is 11.9 Å². The normalized spacial score (nSPS) is 38.5. The summed E-state index contributed by atoms with van der Waals surface area (Å²) in [5, 5.41) is 0. The Morgan fingerprint density at radius 1 is 1.00 bits per heavy atom. The Hall–Kier alpha value is -1.90. The van der Waals surface area contributed by atoms with Crippen LogP contribution in [0.4, 0.5) is 0 Å².